The Kier molecular flexibility index (Phi) is 5.15. The van der Waals surface area contributed by atoms with Crippen molar-refractivity contribution in [1.29, 1.82) is 0 Å². The van der Waals surface area contributed by atoms with Crippen LogP contribution in [-0.2, 0) is 0 Å². The molecule has 0 saturated heterocycles. The number of benzene rings is 1. The topological polar surface area (TPSA) is 41.1 Å². The highest BCUT2D eigenvalue weighted by Gasteiger charge is 2.02. The molecule has 1 rings (SSSR count). The SMILES string of the molecule is CC/C=C/NC(=O)Nc1ccc(Cl)c(Cl)c1. The van der Waals surface area contributed by atoms with Crippen molar-refractivity contribution in [2.75, 3.05) is 5.32 Å². The number of nitrogens with one attached hydrogen (secondary N) is 2. The number of urea groups is 1. The number of carbonyl (C=O) groups excluding carboxylic acids is 1. The third-order valence-corrected chi connectivity index (χ3v) is 2.48. The summed E-state index contributed by atoms with van der Waals surface area (Å²) in [7, 11) is 0. The van der Waals surface area contributed by atoms with Crippen LogP contribution in [0.4, 0.5) is 10.5 Å². The molecule has 5 heteroatoms. The first-order chi connectivity index (χ1) is 7.63. The third kappa shape index (κ3) is 4.13. The van der Waals surface area contributed by atoms with Gasteiger partial charge in [0.15, 0.2) is 0 Å². The van der Waals surface area contributed by atoms with Crippen molar-refractivity contribution in [1.82, 2.24) is 5.32 Å². The van der Waals surface area contributed by atoms with E-state index < -0.39 is 0 Å². The first-order valence-electron chi connectivity index (χ1n) is 4.81. The average molecular weight is 259 g/mol. The van der Waals surface area contributed by atoms with Crippen LogP contribution in [0.25, 0.3) is 0 Å². The fourth-order valence-electron chi connectivity index (χ4n) is 0.994. The lowest BCUT2D eigenvalue weighted by Gasteiger charge is -2.05. The third-order valence-electron chi connectivity index (χ3n) is 1.75. The van der Waals surface area contributed by atoms with Crippen LogP contribution in [-0.4, -0.2) is 6.03 Å². The molecule has 0 saturated carbocycles. The zero-order chi connectivity index (χ0) is 12.0. The Morgan fingerprint density at radius 2 is 2.12 bits per heavy atom. The summed E-state index contributed by atoms with van der Waals surface area (Å²) in [5.74, 6) is 0. The Labute approximate surface area is 104 Å². The molecule has 0 spiro atoms. The predicted molar refractivity (Wildman–Crippen MR) is 68.0 cm³/mol. The molecule has 0 unspecified atom stereocenters. The Morgan fingerprint density at radius 3 is 2.75 bits per heavy atom. The Bertz CT molecular complexity index is 405. The van der Waals surface area contributed by atoms with Crippen molar-refractivity contribution in [3.05, 3.63) is 40.5 Å². The van der Waals surface area contributed by atoms with Gasteiger partial charge in [-0.3, -0.25) is 0 Å². The summed E-state index contributed by atoms with van der Waals surface area (Å²) in [6.07, 6.45) is 4.30. The van der Waals surface area contributed by atoms with Gasteiger partial charge in [0.05, 0.1) is 10.0 Å². The van der Waals surface area contributed by atoms with Gasteiger partial charge in [0.1, 0.15) is 0 Å². The second-order valence-corrected chi connectivity index (χ2v) is 3.85. The molecule has 0 aliphatic heterocycles. The zero-order valence-corrected chi connectivity index (χ0v) is 10.3. The van der Waals surface area contributed by atoms with Crippen molar-refractivity contribution < 1.29 is 4.79 Å². The van der Waals surface area contributed by atoms with Crippen molar-refractivity contribution in [3.8, 4) is 0 Å². The van der Waals surface area contributed by atoms with E-state index >= 15 is 0 Å². The van der Waals surface area contributed by atoms with Crippen LogP contribution < -0.4 is 10.6 Å². The molecular weight excluding hydrogens is 247 g/mol. The summed E-state index contributed by atoms with van der Waals surface area (Å²) in [6, 6.07) is 4.58. The Morgan fingerprint density at radius 1 is 1.38 bits per heavy atom. The lowest BCUT2D eigenvalue weighted by atomic mass is 10.3. The van der Waals surface area contributed by atoms with E-state index in [1.54, 1.807) is 24.4 Å². The van der Waals surface area contributed by atoms with Crippen LogP contribution in [0.15, 0.2) is 30.5 Å². The number of hydrogen-bond acceptors (Lipinski definition) is 1. The first kappa shape index (κ1) is 12.9. The van der Waals surface area contributed by atoms with Crippen molar-refractivity contribution in [2.24, 2.45) is 0 Å². The number of halogens is 2. The quantitative estimate of drug-likeness (QED) is 0.845. The molecule has 1 aromatic rings. The minimum atomic E-state index is -0.317. The summed E-state index contributed by atoms with van der Waals surface area (Å²) in [6.45, 7) is 1.98. The number of allylic oxidation sites excluding steroid dienone is 1. The van der Waals surface area contributed by atoms with Gasteiger partial charge in [0.2, 0.25) is 0 Å². The second-order valence-electron chi connectivity index (χ2n) is 3.04. The average Bonchev–Trinajstić information content (AvgIpc) is 2.24. The highest BCUT2D eigenvalue weighted by molar-refractivity contribution is 6.42. The molecule has 0 aliphatic rings. The summed E-state index contributed by atoms with van der Waals surface area (Å²) in [5.41, 5.74) is 0.594. The van der Waals surface area contributed by atoms with E-state index in [0.29, 0.717) is 15.7 Å². The zero-order valence-electron chi connectivity index (χ0n) is 8.76. The maximum Gasteiger partial charge on any atom is 0.323 e. The minimum absolute atomic E-state index is 0.317. The van der Waals surface area contributed by atoms with E-state index in [9.17, 15) is 4.79 Å². The monoisotopic (exact) mass is 258 g/mol. The molecule has 3 nitrogen and oxygen atoms in total. The molecule has 0 aliphatic carbocycles. The van der Waals surface area contributed by atoms with E-state index in [1.807, 2.05) is 13.0 Å². The van der Waals surface area contributed by atoms with Gasteiger partial charge in [-0.2, -0.15) is 0 Å². The molecule has 0 atom stereocenters. The number of anilines is 1. The van der Waals surface area contributed by atoms with Crippen molar-refractivity contribution >= 4 is 34.9 Å². The minimum Gasteiger partial charge on any atom is -0.315 e. The standard InChI is InChI=1S/C11H12Cl2N2O/c1-2-3-6-14-11(16)15-8-4-5-9(12)10(13)7-8/h3-7H,2H2,1H3,(H2,14,15,16)/b6-3+. The molecule has 0 radical (unpaired) electrons. The van der Waals surface area contributed by atoms with E-state index in [2.05, 4.69) is 10.6 Å². The number of amides is 2. The maximum atomic E-state index is 11.3. The summed E-state index contributed by atoms with van der Waals surface area (Å²) in [4.78, 5) is 11.3. The van der Waals surface area contributed by atoms with Gasteiger partial charge in [-0.25, -0.2) is 4.79 Å². The number of carbonyl (C=O) groups is 1. The molecule has 0 aromatic heterocycles. The van der Waals surface area contributed by atoms with Gasteiger partial charge >= 0.3 is 6.03 Å². The molecule has 0 bridgehead atoms. The van der Waals surface area contributed by atoms with Crippen LogP contribution in [0.5, 0.6) is 0 Å². The largest absolute Gasteiger partial charge is 0.323 e. The summed E-state index contributed by atoms with van der Waals surface area (Å²) >= 11 is 11.6. The molecular formula is C11H12Cl2N2O. The maximum absolute atomic E-state index is 11.3. The fourth-order valence-corrected chi connectivity index (χ4v) is 1.29. The van der Waals surface area contributed by atoms with Gasteiger partial charge in [-0.15, -0.1) is 0 Å². The second kappa shape index (κ2) is 6.40. The van der Waals surface area contributed by atoms with Gasteiger partial charge in [0, 0.05) is 11.9 Å². The van der Waals surface area contributed by atoms with Gasteiger partial charge in [0.25, 0.3) is 0 Å². The molecule has 0 fully saturated rings. The van der Waals surface area contributed by atoms with Crippen LogP contribution in [0.2, 0.25) is 10.0 Å². The van der Waals surface area contributed by atoms with Gasteiger partial charge in [-0.1, -0.05) is 36.2 Å². The van der Waals surface area contributed by atoms with Crippen LogP contribution in [0.1, 0.15) is 13.3 Å². The Hall–Kier alpha value is -1.19. The normalized spacial score (nSPS) is 10.4. The highest BCUT2D eigenvalue weighted by Crippen LogP contribution is 2.24. The van der Waals surface area contributed by atoms with Crippen LogP contribution in [0, 0.1) is 0 Å². The molecule has 1 aromatic carbocycles. The van der Waals surface area contributed by atoms with E-state index in [4.69, 9.17) is 23.2 Å². The van der Waals surface area contributed by atoms with Gasteiger partial charge in [-0.05, 0) is 24.6 Å². The van der Waals surface area contributed by atoms with Crippen LogP contribution in [0.3, 0.4) is 0 Å². The molecule has 2 N–H and O–H groups in total. The van der Waals surface area contributed by atoms with E-state index in [0.717, 1.165) is 6.42 Å². The summed E-state index contributed by atoms with van der Waals surface area (Å²) < 4.78 is 0. The smallest absolute Gasteiger partial charge is 0.315 e. The first-order valence-corrected chi connectivity index (χ1v) is 5.56. The van der Waals surface area contributed by atoms with E-state index in [1.165, 1.54) is 0 Å². The molecule has 2 amide bonds. The lowest BCUT2D eigenvalue weighted by molar-refractivity contribution is 0.255. The van der Waals surface area contributed by atoms with Crippen molar-refractivity contribution in [2.45, 2.75) is 13.3 Å². The van der Waals surface area contributed by atoms with E-state index in [-0.39, 0.29) is 6.03 Å². The predicted octanol–water partition coefficient (Wildman–Crippen LogP) is 4.04. The van der Waals surface area contributed by atoms with Crippen LogP contribution >= 0.6 is 23.2 Å². The van der Waals surface area contributed by atoms with Gasteiger partial charge < -0.3 is 10.6 Å². The number of rotatable bonds is 3. The van der Waals surface area contributed by atoms with Crippen molar-refractivity contribution in [3.63, 3.8) is 0 Å². The highest BCUT2D eigenvalue weighted by atomic mass is 35.5. The molecule has 16 heavy (non-hydrogen) atoms. The number of hydrogen-bond donors (Lipinski definition) is 2. The lowest BCUT2D eigenvalue weighted by Crippen LogP contribution is -2.23. The molecule has 0 heterocycles. The summed E-state index contributed by atoms with van der Waals surface area (Å²) in [5, 5.41) is 6.05. The Balaban J connectivity index is 2.56. The molecule has 86 valence electrons. The fraction of sp³-hybridized carbons (Fsp3) is 0.182.